The van der Waals surface area contributed by atoms with E-state index in [1.807, 2.05) is 11.4 Å². The Kier molecular flexibility index (Phi) is 3.24. The number of benzene rings is 1. The molecule has 0 spiro atoms. The Morgan fingerprint density at radius 1 is 1.20 bits per heavy atom. The second-order valence-corrected chi connectivity index (χ2v) is 5.70. The van der Waals surface area contributed by atoms with Crippen LogP contribution < -0.4 is 0 Å². The van der Waals surface area contributed by atoms with Gasteiger partial charge in [-0.1, -0.05) is 11.6 Å². The van der Waals surface area contributed by atoms with Crippen molar-refractivity contribution in [2.75, 3.05) is 0 Å². The zero-order valence-electron chi connectivity index (χ0n) is 7.54. The molecule has 0 bridgehead atoms. The van der Waals surface area contributed by atoms with Crippen molar-refractivity contribution < 1.29 is 4.79 Å². The van der Waals surface area contributed by atoms with E-state index in [2.05, 4.69) is 15.9 Å². The van der Waals surface area contributed by atoms with Gasteiger partial charge in [0.15, 0.2) is 5.78 Å². The first-order chi connectivity index (χ1) is 7.16. The predicted octanol–water partition coefficient (Wildman–Crippen LogP) is 4.40. The van der Waals surface area contributed by atoms with E-state index >= 15 is 0 Å². The van der Waals surface area contributed by atoms with Crippen LogP contribution in [0.15, 0.2) is 39.5 Å². The lowest BCUT2D eigenvalue weighted by Crippen LogP contribution is -1.98. The molecule has 0 aliphatic carbocycles. The lowest BCUT2D eigenvalue weighted by atomic mass is 10.1. The molecule has 0 saturated heterocycles. The van der Waals surface area contributed by atoms with Gasteiger partial charge in [0.2, 0.25) is 0 Å². The van der Waals surface area contributed by atoms with Crippen LogP contribution in [0.3, 0.4) is 0 Å². The van der Waals surface area contributed by atoms with Gasteiger partial charge in [0.25, 0.3) is 0 Å². The van der Waals surface area contributed by atoms with Gasteiger partial charge in [0, 0.05) is 21.5 Å². The van der Waals surface area contributed by atoms with Crippen LogP contribution >= 0.6 is 38.9 Å². The third-order valence-electron chi connectivity index (χ3n) is 1.94. The molecule has 2 rings (SSSR count). The second-order valence-electron chi connectivity index (χ2n) is 2.98. The van der Waals surface area contributed by atoms with Crippen LogP contribution in [0.25, 0.3) is 0 Å². The summed E-state index contributed by atoms with van der Waals surface area (Å²) in [4.78, 5) is 11.9. The first kappa shape index (κ1) is 10.9. The average molecular weight is 302 g/mol. The number of carbonyl (C=O) groups is 1. The van der Waals surface area contributed by atoms with Gasteiger partial charge in [0.05, 0.1) is 3.79 Å². The lowest BCUT2D eigenvalue weighted by Gasteiger charge is -1.97. The van der Waals surface area contributed by atoms with Gasteiger partial charge < -0.3 is 0 Å². The Hall–Kier alpha value is -0.640. The molecule has 0 fully saturated rings. The second kappa shape index (κ2) is 4.47. The molecule has 76 valence electrons. The van der Waals surface area contributed by atoms with Crippen molar-refractivity contribution in [1.29, 1.82) is 0 Å². The molecule has 1 heterocycles. The van der Waals surface area contributed by atoms with Crippen LogP contribution in [0.2, 0.25) is 5.02 Å². The molecule has 0 amide bonds. The average Bonchev–Trinajstić information content (AvgIpc) is 2.65. The van der Waals surface area contributed by atoms with Crippen molar-refractivity contribution in [3.8, 4) is 0 Å². The number of rotatable bonds is 2. The molecular formula is C11H6BrClOS. The topological polar surface area (TPSA) is 17.1 Å². The van der Waals surface area contributed by atoms with E-state index in [0.717, 1.165) is 3.79 Å². The molecule has 15 heavy (non-hydrogen) atoms. The fourth-order valence-corrected chi connectivity index (χ4v) is 2.46. The molecule has 0 aliphatic heterocycles. The third kappa shape index (κ3) is 2.48. The fraction of sp³-hybridized carbons (Fsp3) is 0. The smallest absolute Gasteiger partial charge is 0.193 e. The summed E-state index contributed by atoms with van der Waals surface area (Å²) in [5.41, 5.74) is 1.36. The van der Waals surface area contributed by atoms with Crippen molar-refractivity contribution in [2.45, 2.75) is 0 Å². The number of hydrogen-bond acceptors (Lipinski definition) is 2. The number of hydrogen-bond donors (Lipinski definition) is 0. The molecule has 0 aliphatic rings. The Morgan fingerprint density at radius 2 is 1.87 bits per heavy atom. The minimum Gasteiger partial charge on any atom is -0.289 e. The zero-order chi connectivity index (χ0) is 10.8. The summed E-state index contributed by atoms with van der Waals surface area (Å²) in [5.74, 6) is 0.0219. The van der Waals surface area contributed by atoms with Gasteiger partial charge in [0.1, 0.15) is 0 Å². The SMILES string of the molecule is O=C(c1ccc(Cl)cc1)c1csc(Br)c1. The van der Waals surface area contributed by atoms with E-state index in [1.165, 1.54) is 11.3 Å². The third-order valence-corrected chi connectivity index (χ3v) is 3.69. The highest BCUT2D eigenvalue weighted by atomic mass is 79.9. The van der Waals surface area contributed by atoms with Crippen LogP contribution in [-0.2, 0) is 0 Å². The lowest BCUT2D eigenvalue weighted by molar-refractivity contribution is 0.103. The summed E-state index contributed by atoms with van der Waals surface area (Å²) < 4.78 is 0.958. The van der Waals surface area contributed by atoms with Crippen LogP contribution in [-0.4, -0.2) is 5.78 Å². The largest absolute Gasteiger partial charge is 0.289 e. The van der Waals surface area contributed by atoms with E-state index in [4.69, 9.17) is 11.6 Å². The van der Waals surface area contributed by atoms with E-state index in [-0.39, 0.29) is 5.78 Å². The molecule has 0 atom stereocenters. The predicted molar refractivity (Wildman–Crippen MR) is 66.9 cm³/mol. The summed E-state index contributed by atoms with van der Waals surface area (Å²) in [6.07, 6.45) is 0. The molecule has 2 aromatic rings. The highest BCUT2D eigenvalue weighted by Crippen LogP contribution is 2.23. The van der Waals surface area contributed by atoms with E-state index in [0.29, 0.717) is 16.1 Å². The molecule has 0 radical (unpaired) electrons. The van der Waals surface area contributed by atoms with Gasteiger partial charge in [-0.2, -0.15) is 0 Å². The summed E-state index contributed by atoms with van der Waals surface area (Å²) in [6, 6.07) is 8.72. The van der Waals surface area contributed by atoms with Crippen molar-refractivity contribution >= 4 is 44.7 Å². The van der Waals surface area contributed by atoms with Gasteiger partial charge in [-0.3, -0.25) is 4.79 Å². The molecule has 4 heteroatoms. The van der Waals surface area contributed by atoms with Crippen LogP contribution in [0, 0.1) is 0 Å². The van der Waals surface area contributed by atoms with Crippen LogP contribution in [0.4, 0.5) is 0 Å². The van der Waals surface area contributed by atoms with E-state index in [9.17, 15) is 4.79 Å². The molecule has 1 aromatic carbocycles. The monoisotopic (exact) mass is 300 g/mol. The Labute approximate surface area is 105 Å². The van der Waals surface area contributed by atoms with E-state index < -0.39 is 0 Å². The summed E-state index contributed by atoms with van der Waals surface area (Å²) in [5, 5.41) is 2.47. The van der Waals surface area contributed by atoms with Crippen molar-refractivity contribution in [2.24, 2.45) is 0 Å². The summed E-state index contributed by atoms with van der Waals surface area (Å²) >= 11 is 10.6. The Bertz CT molecular complexity index is 490. The number of thiophene rings is 1. The van der Waals surface area contributed by atoms with Crippen molar-refractivity contribution in [3.63, 3.8) is 0 Å². The summed E-state index contributed by atoms with van der Waals surface area (Å²) in [6.45, 7) is 0. The molecule has 1 nitrogen and oxygen atoms in total. The quantitative estimate of drug-likeness (QED) is 0.752. The zero-order valence-corrected chi connectivity index (χ0v) is 10.7. The maximum Gasteiger partial charge on any atom is 0.193 e. The number of halogens is 2. The maximum absolute atomic E-state index is 11.9. The molecule has 1 aromatic heterocycles. The van der Waals surface area contributed by atoms with E-state index in [1.54, 1.807) is 24.3 Å². The van der Waals surface area contributed by atoms with Gasteiger partial charge >= 0.3 is 0 Å². The normalized spacial score (nSPS) is 10.3. The van der Waals surface area contributed by atoms with Gasteiger partial charge in [-0.05, 0) is 46.3 Å². The highest BCUT2D eigenvalue weighted by molar-refractivity contribution is 9.11. The Balaban J connectivity index is 2.32. The van der Waals surface area contributed by atoms with Crippen molar-refractivity contribution in [3.05, 3.63) is 55.6 Å². The Morgan fingerprint density at radius 3 is 2.40 bits per heavy atom. The number of ketones is 1. The fourth-order valence-electron chi connectivity index (χ4n) is 1.20. The maximum atomic E-state index is 11.9. The van der Waals surface area contributed by atoms with Gasteiger partial charge in [-0.25, -0.2) is 0 Å². The first-order valence-electron chi connectivity index (χ1n) is 4.21. The van der Waals surface area contributed by atoms with Crippen molar-refractivity contribution in [1.82, 2.24) is 0 Å². The first-order valence-corrected chi connectivity index (χ1v) is 6.26. The number of carbonyl (C=O) groups excluding carboxylic acids is 1. The molecule has 0 unspecified atom stereocenters. The van der Waals surface area contributed by atoms with Crippen LogP contribution in [0.1, 0.15) is 15.9 Å². The van der Waals surface area contributed by atoms with Crippen LogP contribution in [0.5, 0.6) is 0 Å². The highest BCUT2D eigenvalue weighted by Gasteiger charge is 2.10. The minimum atomic E-state index is 0.0219. The van der Waals surface area contributed by atoms with Gasteiger partial charge in [-0.15, -0.1) is 11.3 Å². The minimum absolute atomic E-state index is 0.0219. The standard InChI is InChI=1S/C11H6BrClOS/c12-10-5-8(6-15-10)11(14)7-1-3-9(13)4-2-7/h1-6H. The molecule has 0 N–H and O–H groups in total. The summed E-state index contributed by atoms with van der Waals surface area (Å²) in [7, 11) is 0. The molecular weight excluding hydrogens is 296 g/mol. The molecule has 0 saturated carbocycles.